The number of nitrogens with one attached hydrogen (secondary N) is 2. The van der Waals surface area contributed by atoms with Crippen LogP contribution >= 0.6 is 0 Å². The lowest BCUT2D eigenvalue weighted by Crippen LogP contribution is -2.35. The number of anilines is 1. The molecule has 1 fully saturated rings. The molecule has 0 bridgehead atoms. The van der Waals surface area contributed by atoms with E-state index >= 15 is 0 Å². The zero-order valence-corrected chi connectivity index (χ0v) is 15.9. The van der Waals surface area contributed by atoms with Crippen molar-refractivity contribution in [3.05, 3.63) is 69.8 Å². The maximum Gasteiger partial charge on any atom is 0.292 e. The van der Waals surface area contributed by atoms with Crippen molar-refractivity contribution in [2.45, 2.75) is 25.8 Å². The van der Waals surface area contributed by atoms with E-state index < -0.39 is 0 Å². The van der Waals surface area contributed by atoms with Crippen molar-refractivity contribution in [2.24, 2.45) is 0 Å². The second kappa shape index (κ2) is 9.85. The number of nitrogens with zero attached hydrogens (tertiary/aromatic N) is 2. The fraction of sp³-hybridized carbons (Fsp3) is 0.381. The predicted octanol–water partition coefficient (Wildman–Crippen LogP) is 3.42. The summed E-state index contributed by atoms with van der Waals surface area (Å²) in [4.78, 5) is 25.2. The fourth-order valence-corrected chi connectivity index (χ4v) is 3.39. The van der Waals surface area contributed by atoms with Crippen LogP contribution in [0.15, 0.2) is 48.5 Å². The Bertz CT molecular complexity index is 819. The van der Waals surface area contributed by atoms with Gasteiger partial charge in [0.15, 0.2) is 0 Å². The van der Waals surface area contributed by atoms with E-state index in [9.17, 15) is 14.9 Å². The molecule has 1 saturated heterocycles. The monoisotopic (exact) mass is 382 g/mol. The quantitative estimate of drug-likeness (QED) is 0.415. The summed E-state index contributed by atoms with van der Waals surface area (Å²) in [5.41, 5.74) is 2.38. The Labute approximate surface area is 164 Å². The van der Waals surface area contributed by atoms with Crippen LogP contribution in [0.3, 0.4) is 0 Å². The number of hydrogen-bond acceptors (Lipinski definition) is 5. The normalized spacial score (nSPS) is 13.9. The SMILES string of the molecule is O=C(c1cccc(CNCCNc2ccccc2[N+](=O)[O-])c1)N1CCCCC1. The minimum Gasteiger partial charge on any atom is -0.378 e. The first kappa shape index (κ1) is 19.8. The van der Waals surface area contributed by atoms with Gasteiger partial charge in [-0.3, -0.25) is 14.9 Å². The average Bonchev–Trinajstić information content (AvgIpc) is 2.74. The third-order valence-electron chi connectivity index (χ3n) is 4.86. The summed E-state index contributed by atoms with van der Waals surface area (Å²) in [5.74, 6) is 0.111. The Balaban J connectivity index is 1.46. The van der Waals surface area contributed by atoms with Crippen molar-refractivity contribution in [3.63, 3.8) is 0 Å². The van der Waals surface area contributed by atoms with Crippen LogP contribution in [0.2, 0.25) is 0 Å². The van der Waals surface area contributed by atoms with Crippen LogP contribution < -0.4 is 10.6 Å². The number of nitro benzene ring substituents is 1. The van der Waals surface area contributed by atoms with Crippen molar-refractivity contribution in [1.82, 2.24) is 10.2 Å². The minimum absolute atomic E-state index is 0.0754. The molecule has 0 atom stereocenters. The Morgan fingerprint density at radius 2 is 1.82 bits per heavy atom. The number of nitro groups is 1. The van der Waals surface area contributed by atoms with Crippen molar-refractivity contribution >= 4 is 17.3 Å². The Morgan fingerprint density at radius 1 is 1.04 bits per heavy atom. The predicted molar refractivity (Wildman–Crippen MR) is 109 cm³/mol. The van der Waals surface area contributed by atoms with Crippen LogP contribution in [0.1, 0.15) is 35.2 Å². The van der Waals surface area contributed by atoms with E-state index in [1.807, 2.05) is 29.2 Å². The van der Waals surface area contributed by atoms with Crippen LogP contribution in [-0.2, 0) is 6.54 Å². The van der Waals surface area contributed by atoms with Gasteiger partial charge >= 0.3 is 0 Å². The van der Waals surface area contributed by atoms with Crippen molar-refractivity contribution in [2.75, 3.05) is 31.5 Å². The van der Waals surface area contributed by atoms with Gasteiger partial charge in [-0.1, -0.05) is 24.3 Å². The topological polar surface area (TPSA) is 87.5 Å². The first-order valence-corrected chi connectivity index (χ1v) is 9.71. The first-order chi connectivity index (χ1) is 13.6. The lowest BCUT2D eigenvalue weighted by Gasteiger charge is -2.26. The van der Waals surface area contributed by atoms with Gasteiger partial charge in [0.25, 0.3) is 11.6 Å². The lowest BCUT2D eigenvalue weighted by molar-refractivity contribution is -0.384. The highest BCUT2D eigenvalue weighted by atomic mass is 16.6. The molecular formula is C21H26N4O3. The zero-order valence-electron chi connectivity index (χ0n) is 15.9. The molecule has 148 valence electrons. The van der Waals surface area contributed by atoms with Gasteiger partial charge in [0.1, 0.15) is 5.69 Å². The number of carbonyl (C=O) groups is 1. The van der Waals surface area contributed by atoms with Gasteiger partial charge in [0, 0.05) is 44.4 Å². The molecular weight excluding hydrogens is 356 g/mol. The molecule has 2 aromatic carbocycles. The fourth-order valence-electron chi connectivity index (χ4n) is 3.39. The first-order valence-electron chi connectivity index (χ1n) is 9.71. The number of carbonyl (C=O) groups excluding carboxylic acids is 1. The summed E-state index contributed by atoms with van der Waals surface area (Å²) in [5, 5.41) is 17.4. The van der Waals surface area contributed by atoms with Crippen LogP contribution in [0.5, 0.6) is 0 Å². The molecule has 7 nitrogen and oxygen atoms in total. The third-order valence-corrected chi connectivity index (χ3v) is 4.86. The Kier molecular flexibility index (Phi) is 6.97. The molecule has 28 heavy (non-hydrogen) atoms. The number of amides is 1. The third kappa shape index (κ3) is 5.29. The molecule has 2 aromatic rings. The summed E-state index contributed by atoms with van der Waals surface area (Å²) in [6.45, 7) is 3.55. The summed E-state index contributed by atoms with van der Waals surface area (Å²) < 4.78 is 0. The highest BCUT2D eigenvalue weighted by molar-refractivity contribution is 5.94. The van der Waals surface area contributed by atoms with Crippen LogP contribution in [-0.4, -0.2) is 41.9 Å². The van der Waals surface area contributed by atoms with Gasteiger partial charge in [-0.25, -0.2) is 0 Å². The number of rotatable bonds is 8. The number of likely N-dealkylation sites (tertiary alicyclic amines) is 1. The van der Waals surface area contributed by atoms with Crippen molar-refractivity contribution in [3.8, 4) is 0 Å². The lowest BCUT2D eigenvalue weighted by atomic mass is 10.1. The summed E-state index contributed by atoms with van der Waals surface area (Å²) in [7, 11) is 0. The molecule has 7 heteroatoms. The van der Waals surface area contributed by atoms with E-state index in [0.29, 0.717) is 25.3 Å². The van der Waals surface area contributed by atoms with Gasteiger partial charge in [0.05, 0.1) is 4.92 Å². The van der Waals surface area contributed by atoms with Crippen LogP contribution in [0, 0.1) is 10.1 Å². The highest BCUT2D eigenvalue weighted by Crippen LogP contribution is 2.22. The van der Waals surface area contributed by atoms with E-state index in [0.717, 1.165) is 37.1 Å². The molecule has 1 aliphatic rings. The van der Waals surface area contributed by atoms with Crippen LogP contribution in [0.4, 0.5) is 11.4 Å². The van der Waals surface area contributed by atoms with Crippen molar-refractivity contribution in [1.29, 1.82) is 0 Å². The zero-order chi connectivity index (χ0) is 19.8. The highest BCUT2D eigenvalue weighted by Gasteiger charge is 2.18. The molecule has 1 heterocycles. The molecule has 0 aliphatic carbocycles. The maximum absolute atomic E-state index is 12.6. The Hall–Kier alpha value is -2.93. The number of piperidine rings is 1. The smallest absolute Gasteiger partial charge is 0.292 e. The number of para-hydroxylation sites is 2. The molecule has 2 N–H and O–H groups in total. The summed E-state index contributed by atoms with van der Waals surface area (Å²) >= 11 is 0. The van der Waals surface area contributed by atoms with E-state index in [1.165, 1.54) is 12.5 Å². The van der Waals surface area contributed by atoms with E-state index in [4.69, 9.17) is 0 Å². The standard InChI is InChI=1S/C21H26N4O3/c26-21(24-13-4-1-5-14-24)18-8-6-7-17(15-18)16-22-11-12-23-19-9-2-3-10-20(19)25(27)28/h2-3,6-10,15,22-23H,1,4-5,11-14,16H2. The molecule has 0 radical (unpaired) electrons. The number of hydrogen-bond donors (Lipinski definition) is 2. The molecule has 0 saturated carbocycles. The van der Waals surface area contributed by atoms with Crippen LogP contribution in [0.25, 0.3) is 0 Å². The largest absolute Gasteiger partial charge is 0.378 e. The molecule has 1 amide bonds. The molecule has 1 aliphatic heterocycles. The molecule has 0 spiro atoms. The van der Waals surface area contributed by atoms with E-state index in [1.54, 1.807) is 18.2 Å². The van der Waals surface area contributed by atoms with Gasteiger partial charge in [-0.05, 0) is 43.0 Å². The Morgan fingerprint density at radius 3 is 2.61 bits per heavy atom. The van der Waals surface area contributed by atoms with Gasteiger partial charge in [0.2, 0.25) is 0 Å². The molecule has 3 rings (SSSR count). The maximum atomic E-state index is 12.6. The van der Waals surface area contributed by atoms with Gasteiger partial charge in [-0.2, -0.15) is 0 Å². The second-order valence-electron chi connectivity index (χ2n) is 6.93. The molecule has 0 aromatic heterocycles. The van der Waals surface area contributed by atoms with Gasteiger partial charge < -0.3 is 15.5 Å². The summed E-state index contributed by atoms with van der Waals surface area (Å²) in [6, 6.07) is 14.3. The van der Waals surface area contributed by atoms with Crippen molar-refractivity contribution < 1.29 is 9.72 Å². The summed E-state index contributed by atoms with van der Waals surface area (Å²) in [6.07, 6.45) is 3.37. The number of benzene rings is 2. The average molecular weight is 382 g/mol. The van der Waals surface area contributed by atoms with E-state index in [-0.39, 0.29) is 16.5 Å². The molecule has 0 unspecified atom stereocenters. The van der Waals surface area contributed by atoms with Gasteiger partial charge in [-0.15, -0.1) is 0 Å². The second-order valence-corrected chi connectivity index (χ2v) is 6.93. The van der Waals surface area contributed by atoms with E-state index in [2.05, 4.69) is 10.6 Å². The minimum atomic E-state index is -0.388.